The second-order valence-corrected chi connectivity index (χ2v) is 10.5. The third-order valence-corrected chi connectivity index (χ3v) is 7.52. The fourth-order valence-electron chi connectivity index (χ4n) is 3.61. The second-order valence-electron chi connectivity index (χ2n) is 8.12. The van der Waals surface area contributed by atoms with E-state index in [-0.39, 0.29) is 27.8 Å². The Morgan fingerprint density at radius 1 is 1.03 bits per heavy atom. The molecular weight excluding hydrogens is 525 g/mol. The maximum absolute atomic E-state index is 14.2. The van der Waals surface area contributed by atoms with E-state index in [0.29, 0.717) is 33.7 Å². The first-order valence-electron chi connectivity index (χ1n) is 11.1. The summed E-state index contributed by atoms with van der Waals surface area (Å²) >= 11 is 1.25. The quantitative estimate of drug-likeness (QED) is 0.260. The topological polar surface area (TPSA) is 118 Å². The summed E-state index contributed by atoms with van der Waals surface area (Å²) in [5, 5.41) is 11.3. The highest BCUT2D eigenvalue weighted by Crippen LogP contribution is 2.37. The Morgan fingerprint density at radius 3 is 2.61 bits per heavy atom. The molecule has 0 amide bonds. The number of aryl methyl sites for hydroxylation is 1. The number of anilines is 1. The normalized spacial score (nSPS) is 11.1. The van der Waals surface area contributed by atoms with Crippen molar-refractivity contribution in [3.05, 3.63) is 101 Å². The predicted molar refractivity (Wildman–Crippen MR) is 142 cm³/mol. The van der Waals surface area contributed by atoms with Gasteiger partial charge in [0.25, 0.3) is 10.0 Å². The average Bonchev–Trinajstić information content (AvgIpc) is 3.43. The summed E-state index contributed by atoms with van der Waals surface area (Å²) in [6.45, 7) is 1.68. The van der Waals surface area contributed by atoms with Crippen LogP contribution in [0.3, 0.4) is 0 Å². The number of pyridine rings is 2. The minimum Gasteiger partial charge on any atom is -0.454 e. The number of benzene rings is 2. The lowest BCUT2D eigenvalue weighted by atomic mass is 10.0. The lowest BCUT2D eigenvalue weighted by Gasteiger charge is -2.14. The van der Waals surface area contributed by atoms with Crippen molar-refractivity contribution in [1.82, 2.24) is 15.0 Å². The van der Waals surface area contributed by atoms with E-state index >= 15 is 0 Å². The standard InChI is InChI=1S/C27H18FN5O3S2/c1-17-4-5-18(10-23(17)28)24-11-22(19-3-2-8-30-13-19)26(14-31-24)36-25-7-6-21(9-20(25)12-29)38(34,35)33-27-15-37-16-32-27/h2-11,13-16,33H,1H3. The van der Waals surface area contributed by atoms with Gasteiger partial charge in [0, 0.05) is 34.5 Å². The monoisotopic (exact) mass is 543 g/mol. The summed E-state index contributed by atoms with van der Waals surface area (Å²) in [6.07, 6.45) is 4.76. The number of thiazole rings is 1. The average molecular weight is 544 g/mol. The third-order valence-electron chi connectivity index (χ3n) is 5.58. The molecule has 8 nitrogen and oxygen atoms in total. The predicted octanol–water partition coefficient (Wildman–Crippen LogP) is 6.18. The summed E-state index contributed by atoms with van der Waals surface area (Å²) in [6, 6.07) is 16.2. The lowest BCUT2D eigenvalue weighted by Crippen LogP contribution is -2.13. The van der Waals surface area contributed by atoms with Crippen molar-refractivity contribution in [3.63, 3.8) is 0 Å². The van der Waals surface area contributed by atoms with E-state index in [2.05, 4.69) is 19.7 Å². The van der Waals surface area contributed by atoms with Crippen LogP contribution in [0.5, 0.6) is 11.5 Å². The van der Waals surface area contributed by atoms with Crippen LogP contribution < -0.4 is 9.46 Å². The molecule has 0 aliphatic heterocycles. The Hall–Kier alpha value is -4.66. The molecule has 5 rings (SSSR count). The highest BCUT2D eigenvalue weighted by Gasteiger charge is 2.19. The van der Waals surface area contributed by atoms with Gasteiger partial charge in [-0.3, -0.25) is 14.7 Å². The molecule has 0 saturated heterocycles. The Balaban J connectivity index is 1.53. The van der Waals surface area contributed by atoms with Gasteiger partial charge in [0.05, 0.1) is 27.9 Å². The number of hydrogen-bond donors (Lipinski definition) is 1. The Kier molecular flexibility index (Phi) is 6.83. The minimum absolute atomic E-state index is 0.00738. The molecule has 2 aromatic carbocycles. The van der Waals surface area contributed by atoms with Crippen molar-refractivity contribution in [2.75, 3.05) is 4.72 Å². The molecule has 0 radical (unpaired) electrons. The molecule has 5 aromatic rings. The van der Waals surface area contributed by atoms with Crippen LogP contribution in [0.2, 0.25) is 0 Å². The number of rotatable bonds is 7. The summed E-state index contributed by atoms with van der Waals surface area (Å²) in [7, 11) is -3.96. The van der Waals surface area contributed by atoms with E-state index in [0.717, 1.165) is 0 Å². The van der Waals surface area contributed by atoms with Crippen molar-refractivity contribution >= 4 is 27.2 Å². The number of nitrogens with one attached hydrogen (secondary N) is 1. The zero-order chi connectivity index (χ0) is 26.7. The third kappa shape index (κ3) is 5.22. The summed E-state index contributed by atoms with van der Waals surface area (Å²) in [4.78, 5) is 12.4. The molecule has 0 aliphatic rings. The van der Waals surface area contributed by atoms with Gasteiger partial charge in [-0.25, -0.2) is 17.8 Å². The molecule has 1 N–H and O–H groups in total. The summed E-state index contributed by atoms with van der Waals surface area (Å²) in [5.41, 5.74) is 4.46. The molecule has 3 heterocycles. The molecular formula is C27H18FN5O3S2. The van der Waals surface area contributed by atoms with Crippen LogP contribution >= 0.6 is 11.3 Å². The first-order valence-corrected chi connectivity index (χ1v) is 13.6. The number of sulfonamides is 1. The molecule has 38 heavy (non-hydrogen) atoms. The van der Waals surface area contributed by atoms with E-state index in [4.69, 9.17) is 4.74 Å². The Labute approximate surface area is 222 Å². The largest absolute Gasteiger partial charge is 0.454 e. The van der Waals surface area contributed by atoms with E-state index in [1.165, 1.54) is 47.3 Å². The van der Waals surface area contributed by atoms with Crippen molar-refractivity contribution in [2.24, 2.45) is 0 Å². The molecule has 0 aliphatic carbocycles. The summed E-state index contributed by atoms with van der Waals surface area (Å²) < 4.78 is 48.2. The fraction of sp³-hybridized carbons (Fsp3) is 0.0370. The fourth-order valence-corrected chi connectivity index (χ4v) is 5.20. The summed E-state index contributed by atoms with van der Waals surface area (Å²) in [5.74, 6) is 0.295. The number of nitrogens with zero attached hydrogens (tertiary/aromatic N) is 4. The number of halogens is 1. The van der Waals surface area contributed by atoms with Crippen molar-refractivity contribution in [2.45, 2.75) is 11.8 Å². The highest BCUT2D eigenvalue weighted by molar-refractivity contribution is 7.92. The molecule has 0 saturated carbocycles. The van der Waals surface area contributed by atoms with Crippen LogP contribution in [-0.4, -0.2) is 23.4 Å². The minimum atomic E-state index is -3.96. The van der Waals surface area contributed by atoms with Gasteiger partial charge in [0.15, 0.2) is 11.6 Å². The SMILES string of the molecule is Cc1ccc(-c2cc(-c3cccnc3)c(Oc3ccc(S(=O)(=O)Nc4cscn4)cc3C#N)cn2)cc1F. The van der Waals surface area contributed by atoms with Crippen LogP contribution in [0.4, 0.5) is 10.2 Å². The first kappa shape index (κ1) is 25.0. The molecule has 0 spiro atoms. The van der Waals surface area contributed by atoms with Gasteiger partial charge in [-0.2, -0.15) is 5.26 Å². The van der Waals surface area contributed by atoms with Crippen LogP contribution in [-0.2, 0) is 10.0 Å². The lowest BCUT2D eigenvalue weighted by molar-refractivity contribution is 0.480. The number of ether oxygens (including phenoxy) is 1. The van der Waals surface area contributed by atoms with E-state index < -0.39 is 10.0 Å². The zero-order valence-electron chi connectivity index (χ0n) is 19.8. The zero-order valence-corrected chi connectivity index (χ0v) is 21.4. The van der Waals surface area contributed by atoms with E-state index in [1.54, 1.807) is 49.0 Å². The second kappa shape index (κ2) is 10.4. The van der Waals surface area contributed by atoms with E-state index in [1.807, 2.05) is 12.1 Å². The smallest absolute Gasteiger partial charge is 0.263 e. The van der Waals surface area contributed by atoms with Gasteiger partial charge < -0.3 is 4.74 Å². The Bertz CT molecular complexity index is 1770. The highest BCUT2D eigenvalue weighted by atomic mass is 32.2. The van der Waals surface area contributed by atoms with Gasteiger partial charge in [-0.05, 0) is 48.9 Å². The van der Waals surface area contributed by atoms with Crippen molar-refractivity contribution < 1.29 is 17.5 Å². The molecule has 11 heteroatoms. The van der Waals surface area contributed by atoms with Gasteiger partial charge in [-0.15, -0.1) is 11.3 Å². The molecule has 0 unspecified atom stereocenters. The molecule has 0 fully saturated rings. The molecule has 3 aromatic heterocycles. The maximum Gasteiger partial charge on any atom is 0.263 e. The van der Waals surface area contributed by atoms with Crippen LogP contribution in [0.1, 0.15) is 11.1 Å². The number of hydrogen-bond acceptors (Lipinski definition) is 8. The van der Waals surface area contributed by atoms with E-state index in [9.17, 15) is 18.1 Å². The van der Waals surface area contributed by atoms with Gasteiger partial charge >= 0.3 is 0 Å². The van der Waals surface area contributed by atoms with Crippen molar-refractivity contribution in [1.29, 1.82) is 5.26 Å². The first-order chi connectivity index (χ1) is 18.3. The van der Waals surface area contributed by atoms with Crippen molar-refractivity contribution in [3.8, 4) is 40.0 Å². The maximum atomic E-state index is 14.2. The van der Waals surface area contributed by atoms with Gasteiger partial charge in [-0.1, -0.05) is 18.2 Å². The number of nitriles is 1. The number of aromatic nitrogens is 3. The molecule has 0 bridgehead atoms. The van der Waals surface area contributed by atoms with Crippen LogP contribution in [0, 0.1) is 24.1 Å². The molecule has 0 atom stereocenters. The van der Waals surface area contributed by atoms with Gasteiger partial charge in [0.2, 0.25) is 0 Å². The van der Waals surface area contributed by atoms with Crippen LogP contribution in [0.15, 0.2) is 89.0 Å². The van der Waals surface area contributed by atoms with Crippen LogP contribution in [0.25, 0.3) is 22.4 Å². The van der Waals surface area contributed by atoms with Gasteiger partial charge in [0.1, 0.15) is 17.6 Å². The Morgan fingerprint density at radius 2 is 1.89 bits per heavy atom. The molecule has 188 valence electrons.